The molecule has 0 spiro atoms. The molecule has 5 heteroatoms. The summed E-state index contributed by atoms with van der Waals surface area (Å²) in [4.78, 5) is 12.2. The molecule has 2 N–H and O–H groups in total. The minimum Gasteiger partial charge on any atom is -0.380 e. The van der Waals surface area contributed by atoms with E-state index in [0.717, 1.165) is 41.7 Å². The number of piperidine rings is 1. The molecule has 104 valence electrons. The highest BCUT2D eigenvalue weighted by molar-refractivity contribution is 9.10. The van der Waals surface area contributed by atoms with Crippen molar-refractivity contribution in [1.82, 2.24) is 5.32 Å². The summed E-state index contributed by atoms with van der Waals surface area (Å²) in [6, 6.07) is 5.78. The lowest BCUT2D eigenvalue weighted by molar-refractivity contribution is -0.120. The molecule has 0 radical (unpaired) electrons. The summed E-state index contributed by atoms with van der Waals surface area (Å²) < 4.78 is 6.14. The second-order valence-electron chi connectivity index (χ2n) is 4.73. The molecule has 1 aliphatic rings. The average Bonchev–Trinajstić information content (AvgIpc) is 2.43. The molecule has 0 saturated carbocycles. The molecule has 1 heterocycles. The monoisotopic (exact) mass is 326 g/mol. The molecule has 0 bridgehead atoms. The topological polar surface area (TPSA) is 50.4 Å². The van der Waals surface area contributed by atoms with Crippen molar-refractivity contribution in [2.24, 2.45) is 5.92 Å². The number of nitrogens with one attached hydrogen (secondary N) is 2. The van der Waals surface area contributed by atoms with Gasteiger partial charge in [0.15, 0.2) is 0 Å². The summed E-state index contributed by atoms with van der Waals surface area (Å²) in [5.41, 5.74) is 1.80. The van der Waals surface area contributed by atoms with Crippen LogP contribution in [-0.2, 0) is 16.1 Å². The quantitative estimate of drug-likeness (QED) is 0.893. The Morgan fingerprint density at radius 1 is 1.58 bits per heavy atom. The molecule has 0 unspecified atom stereocenters. The van der Waals surface area contributed by atoms with Gasteiger partial charge in [0.25, 0.3) is 0 Å². The molecule has 4 nitrogen and oxygen atoms in total. The number of hydrogen-bond acceptors (Lipinski definition) is 3. The summed E-state index contributed by atoms with van der Waals surface area (Å²) in [5.74, 6) is 0.144. The summed E-state index contributed by atoms with van der Waals surface area (Å²) in [7, 11) is 1.65. The Balaban J connectivity index is 2.09. The van der Waals surface area contributed by atoms with Crippen LogP contribution in [0.3, 0.4) is 0 Å². The normalized spacial score (nSPS) is 19.2. The second-order valence-corrected chi connectivity index (χ2v) is 5.59. The van der Waals surface area contributed by atoms with E-state index in [9.17, 15) is 4.79 Å². The number of anilines is 1. The van der Waals surface area contributed by atoms with E-state index >= 15 is 0 Å². The minimum atomic E-state index is 0.0585. The zero-order valence-electron chi connectivity index (χ0n) is 11.0. The Labute approximate surface area is 122 Å². The van der Waals surface area contributed by atoms with Gasteiger partial charge < -0.3 is 15.4 Å². The lowest BCUT2D eigenvalue weighted by atomic mass is 9.98. The maximum Gasteiger partial charge on any atom is 0.228 e. The first-order chi connectivity index (χ1) is 9.22. The molecule has 19 heavy (non-hydrogen) atoms. The van der Waals surface area contributed by atoms with Crippen LogP contribution in [-0.4, -0.2) is 26.1 Å². The van der Waals surface area contributed by atoms with Crippen LogP contribution in [0.4, 0.5) is 5.69 Å². The van der Waals surface area contributed by atoms with E-state index in [0.29, 0.717) is 6.61 Å². The van der Waals surface area contributed by atoms with E-state index < -0.39 is 0 Å². The van der Waals surface area contributed by atoms with Crippen molar-refractivity contribution in [3.8, 4) is 0 Å². The smallest absolute Gasteiger partial charge is 0.228 e. The Morgan fingerprint density at radius 3 is 3.11 bits per heavy atom. The van der Waals surface area contributed by atoms with Crippen molar-refractivity contribution in [2.45, 2.75) is 19.4 Å². The van der Waals surface area contributed by atoms with E-state index in [-0.39, 0.29) is 11.8 Å². The van der Waals surface area contributed by atoms with Gasteiger partial charge in [-0.05, 0) is 31.5 Å². The molecular weight excluding hydrogens is 308 g/mol. The number of benzene rings is 1. The van der Waals surface area contributed by atoms with Gasteiger partial charge in [-0.25, -0.2) is 0 Å². The SMILES string of the molecule is COCc1c(Br)cccc1NC(=O)[C@@H]1CCCNC1. The number of carbonyl (C=O) groups excluding carboxylic acids is 1. The maximum absolute atomic E-state index is 12.2. The Bertz CT molecular complexity index is 445. The largest absolute Gasteiger partial charge is 0.380 e. The lowest BCUT2D eigenvalue weighted by Gasteiger charge is -2.22. The van der Waals surface area contributed by atoms with Crippen LogP contribution in [0.2, 0.25) is 0 Å². The molecule has 1 saturated heterocycles. The van der Waals surface area contributed by atoms with Gasteiger partial charge in [-0.1, -0.05) is 22.0 Å². The fourth-order valence-electron chi connectivity index (χ4n) is 2.28. The van der Waals surface area contributed by atoms with E-state index in [4.69, 9.17) is 4.74 Å². The molecule has 1 aromatic rings. The molecule has 1 aromatic carbocycles. The van der Waals surface area contributed by atoms with Gasteiger partial charge in [0.1, 0.15) is 0 Å². The van der Waals surface area contributed by atoms with Gasteiger partial charge in [-0.2, -0.15) is 0 Å². The van der Waals surface area contributed by atoms with Gasteiger partial charge in [0.05, 0.1) is 12.5 Å². The maximum atomic E-state index is 12.2. The fraction of sp³-hybridized carbons (Fsp3) is 0.500. The number of methoxy groups -OCH3 is 1. The zero-order chi connectivity index (χ0) is 13.7. The summed E-state index contributed by atoms with van der Waals surface area (Å²) in [6.45, 7) is 2.25. The van der Waals surface area contributed by atoms with Crippen molar-refractivity contribution in [2.75, 3.05) is 25.5 Å². The molecule has 1 atom stereocenters. The minimum absolute atomic E-state index is 0.0585. The van der Waals surface area contributed by atoms with Gasteiger partial charge in [-0.3, -0.25) is 4.79 Å². The summed E-state index contributed by atoms with van der Waals surface area (Å²) >= 11 is 3.49. The number of carbonyl (C=O) groups is 1. The van der Waals surface area contributed by atoms with Gasteiger partial charge >= 0.3 is 0 Å². The standard InChI is InChI=1S/C14H19BrN2O2/c1-19-9-11-12(15)5-2-6-13(11)17-14(18)10-4-3-7-16-8-10/h2,5-6,10,16H,3-4,7-9H2,1H3,(H,17,18)/t10-/m1/s1. The van der Waals surface area contributed by atoms with Gasteiger partial charge in [-0.15, -0.1) is 0 Å². The van der Waals surface area contributed by atoms with Gasteiger partial charge in [0, 0.05) is 29.4 Å². The van der Waals surface area contributed by atoms with Crippen molar-refractivity contribution >= 4 is 27.5 Å². The number of ether oxygens (including phenoxy) is 1. The summed E-state index contributed by atoms with van der Waals surface area (Å²) in [6.07, 6.45) is 2.01. The predicted molar refractivity (Wildman–Crippen MR) is 79.1 cm³/mol. The van der Waals surface area contributed by atoms with Crippen LogP contribution in [0.15, 0.2) is 22.7 Å². The molecule has 0 aromatic heterocycles. The fourth-order valence-corrected chi connectivity index (χ4v) is 2.76. The van der Waals surface area contributed by atoms with Crippen LogP contribution in [0, 0.1) is 5.92 Å². The molecule has 1 fully saturated rings. The number of hydrogen-bond donors (Lipinski definition) is 2. The number of amides is 1. The van der Waals surface area contributed by atoms with E-state index in [1.165, 1.54) is 0 Å². The predicted octanol–water partition coefficient (Wildman–Crippen LogP) is 2.53. The number of rotatable bonds is 4. The first kappa shape index (κ1) is 14.5. The highest BCUT2D eigenvalue weighted by Crippen LogP contribution is 2.26. The van der Waals surface area contributed by atoms with Crippen LogP contribution < -0.4 is 10.6 Å². The van der Waals surface area contributed by atoms with E-state index in [2.05, 4.69) is 26.6 Å². The van der Waals surface area contributed by atoms with E-state index in [1.807, 2.05) is 18.2 Å². The van der Waals surface area contributed by atoms with Crippen LogP contribution in [0.25, 0.3) is 0 Å². The van der Waals surface area contributed by atoms with Crippen molar-refractivity contribution < 1.29 is 9.53 Å². The molecular formula is C14H19BrN2O2. The third-order valence-electron chi connectivity index (χ3n) is 3.33. The molecule has 1 aliphatic heterocycles. The summed E-state index contributed by atoms with van der Waals surface area (Å²) in [5, 5.41) is 6.27. The third-order valence-corrected chi connectivity index (χ3v) is 4.08. The second kappa shape index (κ2) is 7.03. The van der Waals surface area contributed by atoms with Crippen LogP contribution >= 0.6 is 15.9 Å². The lowest BCUT2D eigenvalue weighted by Crippen LogP contribution is -2.37. The van der Waals surface area contributed by atoms with Crippen LogP contribution in [0.1, 0.15) is 18.4 Å². The van der Waals surface area contributed by atoms with Crippen molar-refractivity contribution in [1.29, 1.82) is 0 Å². The highest BCUT2D eigenvalue weighted by Gasteiger charge is 2.21. The van der Waals surface area contributed by atoms with E-state index in [1.54, 1.807) is 7.11 Å². The Kier molecular flexibility index (Phi) is 5.36. The zero-order valence-corrected chi connectivity index (χ0v) is 12.6. The molecule has 0 aliphatic carbocycles. The van der Waals surface area contributed by atoms with Crippen LogP contribution in [0.5, 0.6) is 0 Å². The first-order valence-electron chi connectivity index (χ1n) is 6.50. The van der Waals surface area contributed by atoms with Crippen molar-refractivity contribution in [3.63, 3.8) is 0 Å². The average molecular weight is 327 g/mol. The number of halogens is 1. The molecule has 1 amide bonds. The van der Waals surface area contributed by atoms with Crippen molar-refractivity contribution in [3.05, 3.63) is 28.2 Å². The Hall–Kier alpha value is -0.910. The molecule has 2 rings (SSSR count). The first-order valence-corrected chi connectivity index (χ1v) is 7.29. The van der Waals surface area contributed by atoms with Gasteiger partial charge in [0.2, 0.25) is 5.91 Å². The third kappa shape index (κ3) is 3.78. The highest BCUT2D eigenvalue weighted by atomic mass is 79.9. The Morgan fingerprint density at radius 2 is 2.42 bits per heavy atom.